The van der Waals surface area contributed by atoms with E-state index in [2.05, 4.69) is 0 Å². The van der Waals surface area contributed by atoms with Crippen molar-refractivity contribution >= 4 is 6.09 Å². The Morgan fingerprint density at radius 1 is 1.38 bits per heavy atom. The van der Waals surface area contributed by atoms with Crippen molar-refractivity contribution in [2.24, 2.45) is 0 Å². The van der Waals surface area contributed by atoms with E-state index in [0.29, 0.717) is 6.61 Å². The number of likely N-dealkylation sites (tertiary alicyclic amines) is 1. The van der Waals surface area contributed by atoms with E-state index in [0.717, 1.165) is 39.0 Å². The molecular formula is C9H15NO3. The lowest BCUT2D eigenvalue weighted by Gasteiger charge is -2.17. The number of hydrogen-bond acceptors (Lipinski definition) is 3. The van der Waals surface area contributed by atoms with Gasteiger partial charge < -0.3 is 14.4 Å². The van der Waals surface area contributed by atoms with Crippen LogP contribution >= 0.6 is 0 Å². The van der Waals surface area contributed by atoms with E-state index in [1.54, 1.807) is 4.90 Å². The third kappa shape index (κ3) is 2.12. The summed E-state index contributed by atoms with van der Waals surface area (Å²) in [5.41, 5.74) is 0. The molecule has 1 amide bonds. The molecule has 2 saturated heterocycles. The highest BCUT2D eigenvalue weighted by atomic mass is 16.6. The average molecular weight is 185 g/mol. The van der Waals surface area contributed by atoms with Crippen molar-refractivity contribution in [3.63, 3.8) is 0 Å². The van der Waals surface area contributed by atoms with Crippen molar-refractivity contribution < 1.29 is 14.3 Å². The van der Waals surface area contributed by atoms with Crippen molar-refractivity contribution in [3.8, 4) is 0 Å². The Balaban J connectivity index is 1.76. The summed E-state index contributed by atoms with van der Waals surface area (Å²) in [6.07, 6.45) is 2.90. The monoisotopic (exact) mass is 185 g/mol. The van der Waals surface area contributed by atoms with Gasteiger partial charge >= 0.3 is 6.09 Å². The Hall–Kier alpha value is -0.770. The zero-order valence-electron chi connectivity index (χ0n) is 7.70. The molecule has 0 radical (unpaired) electrons. The third-order valence-corrected chi connectivity index (χ3v) is 2.52. The van der Waals surface area contributed by atoms with Gasteiger partial charge in [-0.15, -0.1) is 0 Å². The number of ether oxygens (including phenoxy) is 2. The van der Waals surface area contributed by atoms with Crippen LogP contribution in [0.25, 0.3) is 0 Å². The van der Waals surface area contributed by atoms with Gasteiger partial charge in [0, 0.05) is 19.5 Å². The summed E-state index contributed by atoms with van der Waals surface area (Å²) in [6.45, 7) is 3.00. The largest absolute Gasteiger partial charge is 0.444 e. The zero-order valence-corrected chi connectivity index (χ0v) is 7.70. The summed E-state index contributed by atoms with van der Waals surface area (Å²) in [5.74, 6) is 0. The Morgan fingerprint density at radius 2 is 2.15 bits per heavy atom. The molecule has 0 N–H and O–H groups in total. The molecule has 4 heteroatoms. The minimum absolute atomic E-state index is 0.00639. The first-order chi connectivity index (χ1) is 6.36. The van der Waals surface area contributed by atoms with Crippen molar-refractivity contribution in [2.75, 3.05) is 26.3 Å². The molecule has 2 aliphatic heterocycles. The second-order valence-corrected chi connectivity index (χ2v) is 3.56. The number of rotatable bonds is 1. The summed E-state index contributed by atoms with van der Waals surface area (Å²) in [5, 5.41) is 0. The topological polar surface area (TPSA) is 38.8 Å². The second kappa shape index (κ2) is 3.96. The summed E-state index contributed by atoms with van der Waals surface area (Å²) < 4.78 is 10.4. The molecule has 0 aromatic rings. The van der Waals surface area contributed by atoms with E-state index in [1.807, 2.05) is 0 Å². The number of carbonyl (C=O) groups is 1. The second-order valence-electron chi connectivity index (χ2n) is 3.56. The van der Waals surface area contributed by atoms with Crippen LogP contribution in [0.4, 0.5) is 4.79 Å². The smallest absolute Gasteiger partial charge is 0.410 e. The number of amides is 1. The van der Waals surface area contributed by atoms with Crippen molar-refractivity contribution in [1.29, 1.82) is 0 Å². The van der Waals surface area contributed by atoms with Gasteiger partial charge in [-0.3, -0.25) is 0 Å². The molecule has 4 nitrogen and oxygen atoms in total. The van der Waals surface area contributed by atoms with Gasteiger partial charge in [-0.25, -0.2) is 4.79 Å². The van der Waals surface area contributed by atoms with Gasteiger partial charge in [-0.1, -0.05) is 0 Å². The third-order valence-electron chi connectivity index (χ3n) is 2.52. The van der Waals surface area contributed by atoms with Crippen LogP contribution in [0.2, 0.25) is 0 Å². The van der Waals surface area contributed by atoms with Gasteiger partial charge in [0.2, 0.25) is 0 Å². The van der Waals surface area contributed by atoms with Gasteiger partial charge in [-0.2, -0.15) is 0 Å². The van der Waals surface area contributed by atoms with E-state index < -0.39 is 0 Å². The zero-order chi connectivity index (χ0) is 9.10. The normalized spacial score (nSPS) is 28.0. The van der Waals surface area contributed by atoms with Gasteiger partial charge in [0.15, 0.2) is 0 Å². The fraction of sp³-hybridized carbons (Fsp3) is 0.889. The molecule has 0 aliphatic carbocycles. The molecule has 13 heavy (non-hydrogen) atoms. The standard InChI is InChI=1S/C9H15NO3/c11-9(10-4-1-2-5-10)13-8-3-6-12-7-8/h8H,1-7H2. The average Bonchev–Trinajstić information content (AvgIpc) is 2.74. The van der Waals surface area contributed by atoms with Gasteiger partial charge in [0.25, 0.3) is 0 Å². The summed E-state index contributed by atoms with van der Waals surface area (Å²) in [6, 6.07) is 0. The van der Waals surface area contributed by atoms with E-state index in [-0.39, 0.29) is 12.2 Å². The SMILES string of the molecule is O=C(OC1CCOC1)N1CCCC1. The van der Waals surface area contributed by atoms with Crippen LogP contribution in [0.15, 0.2) is 0 Å². The first-order valence-corrected chi connectivity index (χ1v) is 4.89. The van der Waals surface area contributed by atoms with Crippen LogP contribution in [-0.2, 0) is 9.47 Å². The maximum atomic E-state index is 11.4. The molecule has 2 heterocycles. The van der Waals surface area contributed by atoms with Crippen LogP contribution in [0.3, 0.4) is 0 Å². The predicted molar refractivity (Wildman–Crippen MR) is 46.5 cm³/mol. The van der Waals surface area contributed by atoms with Crippen LogP contribution in [0.1, 0.15) is 19.3 Å². The van der Waals surface area contributed by atoms with E-state index in [4.69, 9.17) is 9.47 Å². The van der Waals surface area contributed by atoms with Crippen LogP contribution < -0.4 is 0 Å². The first-order valence-electron chi connectivity index (χ1n) is 4.89. The van der Waals surface area contributed by atoms with Gasteiger partial charge in [0.05, 0.1) is 13.2 Å². The number of hydrogen-bond donors (Lipinski definition) is 0. The fourth-order valence-corrected chi connectivity index (χ4v) is 1.72. The Labute approximate surface area is 77.8 Å². The molecule has 0 aromatic carbocycles. The van der Waals surface area contributed by atoms with E-state index in [1.165, 1.54) is 0 Å². The molecule has 1 unspecified atom stereocenters. The number of carbonyl (C=O) groups excluding carboxylic acids is 1. The highest BCUT2D eigenvalue weighted by Gasteiger charge is 2.25. The lowest BCUT2D eigenvalue weighted by molar-refractivity contribution is 0.0597. The molecule has 2 aliphatic rings. The maximum absolute atomic E-state index is 11.4. The Bertz CT molecular complexity index is 183. The lowest BCUT2D eigenvalue weighted by Crippen LogP contribution is -2.32. The lowest BCUT2D eigenvalue weighted by atomic mass is 10.3. The molecule has 2 rings (SSSR count). The molecular weight excluding hydrogens is 170 g/mol. The van der Waals surface area contributed by atoms with Crippen molar-refractivity contribution in [2.45, 2.75) is 25.4 Å². The Morgan fingerprint density at radius 3 is 2.77 bits per heavy atom. The minimum atomic E-state index is -0.159. The van der Waals surface area contributed by atoms with E-state index >= 15 is 0 Å². The molecule has 0 spiro atoms. The van der Waals surface area contributed by atoms with Crippen LogP contribution in [-0.4, -0.2) is 43.4 Å². The minimum Gasteiger partial charge on any atom is -0.444 e. The maximum Gasteiger partial charge on any atom is 0.410 e. The predicted octanol–water partition coefficient (Wildman–Crippen LogP) is 1.01. The summed E-state index contributed by atoms with van der Waals surface area (Å²) in [4.78, 5) is 13.2. The molecule has 0 aromatic heterocycles. The van der Waals surface area contributed by atoms with Crippen molar-refractivity contribution in [1.82, 2.24) is 4.90 Å². The summed E-state index contributed by atoms with van der Waals surface area (Å²) in [7, 11) is 0. The molecule has 2 fully saturated rings. The van der Waals surface area contributed by atoms with Crippen molar-refractivity contribution in [3.05, 3.63) is 0 Å². The molecule has 1 atom stereocenters. The van der Waals surface area contributed by atoms with Gasteiger partial charge in [0.1, 0.15) is 6.10 Å². The number of nitrogens with zero attached hydrogens (tertiary/aromatic N) is 1. The molecule has 0 bridgehead atoms. The Kier molecular flexibility index (Phi) is 2.68. The molecule has 0 saturated carbocycles. The molecule has 74 valence electrons. The first kappa shape index (κ1) is 8.81. The van der Waals surface area contributed by atoms with Crippen LogP contribution in [0, 0.1) is 0 Å². The fourth-order valence-electron chi connectivity index (χ4n) is 1.72. The highest BCUT2D eigenvalue weighted by Crippen LogP contribution is 2.13. The van der Waals surface area contributed by atoms with Crippen LogP contribution in [0.5, 0.6) is 0 Å². The summed E-state index contributed by atoms with van der Waals surface area (Å²) >= 11 is 0. The quantitative estimate of drug-likeness (QED) is 0.612. The van der Waals surface area contributed by atoms with Gasteiger partial charge in [-0.05, 0) is 12.8 Å². The highest BCUT2D eigenvalue weighted by molar-refractivity contribution is 5.68. The van der Waals surface area contributed by atoms with E-state index in [9.17, 15) is 4.79 Å².